The summed E-state index contributed by atoms with van der Waals surface area (Å²) >= 11 is 0. The van der Waals surface area contributed by atoms with Gasteiger partial charge in [-0.1, -0.05) is 36.4 Å². The topological polar surface area (TPSA) is 75.9 Å². The van der Waals surface area contributed by atoms with E-state index >= 15 is 0 Å². The highest BCUT2D eigenvalue weighted by Gasteiger charge is 2.57. The van der Waals surface area contributed by atoms with Crippen molar-refractivity contribution in [1.82, 2.24) is 9.80 Å². The number of methoxy groups -OCH3 is 1. The van der Waals surface area contributed by atoms with E-state index in [9.17, 15) is 14.9 Å². The molecule has 7 heteroatoms. The summed E-state index contributed by atoms with van der Waals surface area (Å²) < 4.78 is 5.02. The van der Waals surface area contributed by atoms with Crippen LogP contribution in [0.4, 0.5) is 0 Å². The Morgan fingerprint density at radius 1 is 1.23 bits per heavy atom. The minimum Gasteiger partial charge on any atom is -0.467 e. The van der Waals surface area contributed by atoms with Crippen molar-refractivity contribution in [2.45, 2.75) is 11.6 Å². The maximum atomic E-state index is 12.8. The highest BCUT2D eigenvalue weighted by molar-refractivity contribution is 5.89. The van der Waals surface area contributed by atoms with Gasteiger partial charge < -0.3 is 9.64 Å². The van der Waals surface area contributed by atoms with E-state index in [0.29, 0.717) is 13.1 Å². The molecule has 1 heterocycles. The molecule has 1 fully saturated rings. The van der Waals surface area contributed by atoms with Crippen LogP contribution in [0.3, 0.4) is 0 Å². The molecule has 2 aliphatic rings. The first-order chi connectivity index (χ1) is 12.5. The molecular formula is C19H23N3O4. The van der Waals surface area contributed by atoms with Gasteiger partial charge in [0.05, 0.1) is 7.11 Å². The van der Waals surface area contributed by atoms with Gasteiger partial charge in [0, 0.05) is 31.1 Å². The Morgan fingerprint density at radius 3 is 2.46 bits per heavy atom. The van der Waals surface area contributed by atoms with Crippen LogP contribution in [0.2, 0.25) is 0 Å². The van der Waals surface area contributed by atoms with E-state index < -0.39 is 17.6 Å². The van der Waals surface area contributed by atoms with E-state index in [4.69, 9.17) is 4.74 Å². The lowest BCUT2D eigenvalue weighted by Crippen LogP contribution is -2.67. The predicted octanol–water partition coefficient (Wildman–Crippen LogP) is 1.44. The number of esters is 1. The number of hydrogen-bond donors (Lipinski definition) is 0. The number of carbonyl (C=O) groups excluding carboxylic acids is 1. The van der Waals surface area contributed by atoms with Gasteiger partial charge in [-0.05, 0) is 30.3 Å². The summed E-state index contributed by atoms with van der Waals surface area (Å²) in [5.41, 5.74) is 0.200. The number of carbonyl (C=O) groups is 1. The molecule has 1 saturated heterocycles. The molecule has 0 radical (unpaired) electrons. The monoisotopic (exact) mass is 357 g/mol. The molecule has 2 atom stereocenters. The Morgan fingerprint density at radius 2 is 1.88 bits per heavy atom. The number of nitro groups is 1. The van der Waals surface area contributed by atoms with Crippen LogP contribution in [0.15, 0.2) is 48.6 Å². The average molecular weight is 357 g/mol. The first-order valence-electron chi connectivity index (χ1n) is 8.61. The lowest BCUT2D eigenvalue weighted by Gasteiger charge is -2.44. The number of rotatable bonds is 4. The molecule has 0 amide bonds. The van der Waals surface area contributed by atoms with Gasteiger partial charge in [-0.3, -0.25) is 15.0 Å². The Hall–Kier alpha value is -2.51. The SMILES string of the molecule is COC(=O)C1(N2CCN(C)CC2)C=CC(c2ccccc2)=CC1[N+](=O)[O-]. The first kappa shape index (κ1) is 18.3. The fourth-order valence-corrected chi connectivity index (χ4v) is 3.66. The van der Waals surface area contributed by atoms with Crippen LogP contribution in [0.25, 0.3) is 5.57 Å². The van der Waals surface area contributed by atoms with Gasteiger partial charge in [0.2, 0.25) is 5.54 Å². The number of likely N-dealkylation sites (N-methyl/N-ethyl adjacent to an activating group) is 1. The van der Waals surface area contributed by atoms with E-state index in [0.717, 1.165) is 24.2 Å². The number of hydrogen-bond acceptors (Lipinski definition) is 6. The molecule has 7 nitrogen and oxygen atoms in total. The lowest BCUT2D eigenvalue weighted by molar-refractivity contribution is -0.521. The van der Waals surface area contributed by atoms with Crippen molar-refractivity contribution in [2.75, 3.05) is 40.3 Å². The molecule has 0 aromatic heterocycles. The van der Waals surface area contributed by atoms with Gasteiger partial charge in [-0.25, -0.2) is 4.79 Å². The Labute approximate surface area is 152 Å². The summed E-state index contributed by atoms with van der Waals surface area (Å²) in [5, 5.41) is 12.0. The van der Waals surface area contributed by atoms with Gasteiger partial charge in [-0.2, -0.15) is 0 Å². The molecule has 2 unspecified atom stereocenters. The molecular weight excluding hydrogens is 334 g/mol. The average Bonchev–Trinajstić information content (AvgIpc) is 2.68. The van der Waals surface area contributed by atoms with Crippen LogP contribution >= 0.6 is 0 Å². The fourth-order valence-electron chi connectivity index (χ4n) is 3.66. The van der Waals surface area contributed by atoms with Gasteiger partial charge in [0.25, 0.3) is 6.04 Å². The Bertz CT molecular complexity index is 738. The minimum absolute atomic E-state index is 0.387. The lowest BCUT2D eigenvalue weighted by atomic mass is 9.80. The summed E-state index contributed by atoms with van der Waals surface area (Å²) in [6, 6.07) is 8.24. The third-order valence-electron chi connectivity index (χ3n) is 5.18. The van der Waals surface area contributed by atoms with Gasteiger partial charge in [0.15, 0.2) is 0 Å². The highest BCUT2D eigenvalue weighted by Crippen LogP contribution is 2.35. The van der Waals surface area contributed by atoms with Crippen LogP contribution in [-0.2, 0) is 9.53 Å². The van der Waals surface area contributed by atoms with Crippen molar-refractivity contribution < 1.29 is 14.5 Å². The van der Waals surface area contributed by atoms with E-state index in [-0.39, 0.29) is 4.92 Å². The zero-order valence-corrected chi connectivity index (χ0v) is 15.0. The second-order valence-corrected chi connectivity index (χ2v) is 6.66. The number of piperazine rings is 1. The number of ether oxygens (including phenoxy) is 1. The van der Waals surface area contributed by atoms with Crippen LogP contribution in [0.1, 0.15) is 5.56 Å². The third-order valence-corrected chi connectivity index (χ3v) is 5.18. The molecule has 0 spiro atoms. The molecule has 1 aromatic rings. The zero-order valence-electron chi connectivity index (χ0n) is 15.0. The van der Waals surface area contributed by atoms with Gasteiger partial charge in [0.1, 0.15) is 0 Å². The minimum atomic E-state index is -1.42. The van der Waals surface area contributed by atoms with Crippen molar-refractivity contribution in [2.24, 2.45) is 0 Å². The third kappa shape index (κ3) is 3.15. The van der Waals surface area contributed by atoms with Gasteiger partial charge in [-0.15, -0.1) is 0 Å². The van der Waals surface area contributed by atoms with Crippen molar-refractivity contribution in [3.05, 3.63) is 64.2 Å². The summed E-state index contributed by atoms with van der Waals surface area (Å²) in [4.78, 5) is 28.3. The quantitative estimate of drug-likeness (QED) is 0.461. The van der Waals surface area contributed by atoms with Crippen LogP contribution in [-0.4, -0.2) is 72.6 Å². The van der Waals surface area contributed by atoms with Crippen molar-refractivity contribution in [3.63, 3.8) is 0 Å². The standard InChI is InChI=1S/C19H23N3O4/c1-20-10-12-21(13-11-20)19(18(23)26-2)9-8-16(14-17(19)22(24)25)15-6-4-3-5-7-15/h3-9,14,17H,10-13H2,1-2H3. The predicted molar refractivity (Wildman–Crippen MR) is 98.2 cm³/mol. The molecule has 1 aromatic carbocycles. The van der Waals surface area contributed by atoms with E-state index in [1.165, 1.54) is 7.11 Å². The van der Waals surface area contributed by atoms with Crippen molar-refractivity contribution in [1.29, 1.82) is 0 Å². The largest absolute Gasteiger partial charge is 0.467 e. The molecule has 0 bridgehead atoms. The Kier molecular flexibility index (Phi) is 5.20. The van der Waals surface area contributed by atoms with Crippen LogP contribution in [0.5, 0.6) is 0 Å². The summed E-state index contributed by atoms with van der Waals surface area (Å²) in [6.45, 7) is 2.61. The smallest absolute Gasteiger partial charge is 0.338 e. The highest BCUT2D eigenvalue weighted by atomic mass is 16.6. The molecule has 0 N–H and O–H groups in total. The molecule has 1 aliphatic heterocycles. The Balaban J connectivity index is 2.04. The molecule has 0 saturated carbocycles. The number of benzene rings is 1. The van der Waals surface area contributed by atoms with Crippen LogP contribution < -0.4 is 0 Å². The fraction of sp³-hybridized carbons (Fsp3) is 0.421. The maximum absolute atomic E-state index is 12.8. The van der Waals surface area contributed by atoms with E-state index in [2.05, 4.69) is 4.90 Å². The second kappa shape index (κ2) is 7.39. The summed E-state index contributed by atoms with van der Waals surface area (Å²) in [5.74, 6) is -0.594. The van der Waals surface area contributed by atoms with Crippen LogP contribution in [0, 0.1) is 10.1 Å². The second-order valence-electron chi connectivity index (χ2n) is 6.66. The van der Waals surface area contributed by atoms with E-state index in [1.54, 1.807) is 18.2 Å². The number of allylic oxidation sites excluding steroid dienone is 2. The molecule has 26 heavy (non-hydrogen) atoms. The molecule has 1 aliphatic carbocycles. The first-order valence-corrected chi connectivity index (χ1v) is 8.61. The zero-order chi connectivity index (χ0) is 18.7. The maximum Gasteiger partial charge on any atom is 0.338 e. The van der Waals surface area contributed by atoms with E-state index in [1.807, 2.05) is 42.3 Å². The summed E-state index contributed by atoms with van der Waals surface area (Å²) in [6.07, 6.45) is 5.02. The normalized spacial score (nSPS) is 27.0. The summed E-state index contributed by atoms with van der Waals surface area (Å²) in [7, 11) is 3.28. The van der Waals surface area contributed by atoms with Gasteiger partial charge >= 0.3 is 5.97 Å². The molecule has 138 valence electrons. The molecule has 3 rings (SSSR count). The van der Waals surface area contributed by atoms with Crippen molar-refractivity contribution in [3.8, 4) is 0 Å². The van der Waals surface area contributed by atoms with Crippen molar-refractivity contribution >= 4 is 11.5 Å². The number of nitrogens with zero attached hydrogens (tertiary/aromatic N) is 3.